The normalized spacial score (nSPS) is 25.2. The number of fused-ring (bicyclic) bond motifs is 1. The van der Waals surface area contributed by atoms with Gasteiger partial charge in [0.1, 0.15) is 5.69 Å². The molecule has 1 amide bonds. The van der Waals surface area contributed by atoms with E-state index in [-0.39, 0.29) is 17.4 Å². The molecule has 0 saturated heterocycles. The van der Waals surface area contributed by atoms with Crippen LogP contribution in [0.15, 0.2) is 35.1 Å². The summed E-state index contributed by atoms with van der Waals surface area (Å²) in [6.45, 7) is 1.87. The third-order valence-corrected chi connectivity index (χ3v) is 5.76. The summed E-state index contributed by atoms with van der Waals surface area (Å²) in [7, 11) is 1.84. The van der Waals surface area contributed by atoms with Crippen molar-refractivity contribution in [1.29, 1.82) is 0 Å². The van der Waals surface area contributed by atoms with Gasteiger partial charge in [-0.3, -0.25) is 14.3 Å². The van der Waals surface area contributed by atoms with Crippen LogP contribution in [0.4, 0.5) is 5.69 Å². The Balaban J connectivity index is 1.63. The van der Waals surface area contributed by atoms with Crippen molar-refractivity contribution in [2.45, 2.75) is 32.6 Å². The molecule has 1 N–H and O–H groups in total. The van der Waals surface area contributed by atoms with Crippen LogP contribution in [0, 0.1) is 24.7 Å². The molecule has 2 aliphatic rings. The standard InChI is InChI=1S/C19H23N3O2/c1-12-17(20-18(23)16-14-10-6-7-11-15(14)16)19(24)22(21(12)2)13-8-4-3-5-9-13/h3-5,8-9,14-16H,6-7,10-11H2,1-2H3,(H,20,23). The molecule has 4 rings (SSSR count). The van der Waals surface area contributed by atoms with Gasteiger partial charge in [-0.2, -0.15) is 0 Å². The van der Waals surface area contributed by atoms with Gasteiger partial charge in [0.2, 0.25) is 5.91 Å². The lowest BCUT2D eigenvalue weighted by molar-refractivity contribution is -0.117. The number of nitrogens with one attached hydrogen (secondary N) is 1. The second-order valence-electron chi connectivity index (χ2n) is 7.06. The molecule has 2 atom stereocenters. The highest BCUT2D eigenvalue weighted by Gasteiger charge is 2.54. The molecule has 126 valence electrons. The topological polar surface area (TPSA) is 56.0 Å². The quantitative estimate of drug-likeness (QED) is 0.943. The molecule has 0 spiro atoms. The smallest absolute Gasteiger partial charge is 0.295 e. The number of anilines is 1. The van der Waals surface area contributed by atoms with E-state index in [0.29, 0.717) is 17.5 Å². The van der Waals surface area contributed by atoms with Crippen LogP contribution in [0.5, 0.6) is 0 Å². The Morgan fingerprint density at radius 1 is 1.12 bits per heavy atom. The highest BCUT2D eigenvalue weighted by Crippen LogP contribution is 2.55. The van der Waals surface area contributed by atoms with E-state index in [2.05, 4.69) is 5.32 Å². The molecule has 0 bridgehead atoms. The van der Waals surface area contributed by atoms with Gasteiger partial charge in [0.05, 0.1) is 11.4 Å². The van der Waals surface area contributed by atoms with E-state index in [1.54, 1.807) is 9.36 Å². The lowest BCUT2D eigenvalue weighted by Gasteiger charge is -2.07. The molecule has 24 heavy (non-hydrogen) atoms. The number of hydrogen-bond acceptors (Lipinski definition) is 2. The van der Waals surface area contributed by atoms with Crippen molar-refractivity contribution in [3.05, 3.63) is 46.4 Å². The van der Waals surface area contributed by atoms with Crippen molar-refractivity contribution in [3.63, 3.8) is 0 Å². The summed E-state index contributed by atoms with van der Waals surface area (Å²) < 4.78 is 3.40. The number of carbonyl (C=O) groups excluding carboxylic acids is 1. The number of benzene rings is 1. The van der Waals surface area contributed by atoms with Crippen LogP contribution in [0.3, 0.4) is 0 Å². The van der Waals surface area contributed by atoms with Gasteiger partial charge in [0.25, 0.3) is 5.56 Å². The van der Waals surface area contributed by atoms with E-state index in [0.717, 1.165) is 24.2 Å². The van der Waals surface area contributed by atoms with E-state index in [1.165, 1.54) is 12.8 Å². The molecule has 2 unspecified atom stereocenters. The summed E-state index contributed by atoms with van der Waals surface area (Å²) in [5.74, 6) is 1.22. The fourth-order valence-corrected chi connectivity index (χ4v) is 4.30. The Morgan fingerprint density at radius 2 is 1.75 bits per heavy atom. The summed E-state index contributed by atoms with van der Waals surface area (Å²) in [6.07, 6.45) is 4.78. The lowest BCUT2D eigenvalue weighted by Crippen LogP contribution is -2.24. The molecule has 2 aliphatic carbocycles. The van der Waals surface area contributed by atoms with Crippen molar-refractivity contribution in [1.82, 2.24) is 9.36 Å². The van der Waals surface area contributed by atoms with E-state index >= 15 is 0 Å². The van der Waals surface area contributed by atoms with Crippen LogP contribution in [0.25, 0.3) is 5.69 Å². The summed E-state index contributed by atoms with van der Waals surface area (Å²) in [4.78, 5) is 25.5. The first-order valence-electron chi connectivity index (χ1n) is 8.74. The van der Waals surface area contributed by atoms with Gasteiger partial charge in [0.15, 0.2) is 0 Å². The first-order valence-corrected chi connectivity index (χ1v) is 8.74. The molecule has 0 radical (unpaired) electrons. The average molecular weight is 325 g/mol. The fraction of sp³-hybridized carbons (Fsp3) is 0.474. The van der Waals surface area contributed by atoms with E-state index < -0.39 is 0 Å². The Kier molecular flexibility index (Phi) is 3.59. The maximum atomic E-state index is 12.8. The molecule has 5 heteroatoms. The minimum atomic E-state index is -0.168. The summed E-state index contributed by atoms with van der Waals surface area (Å²) in [5.41, 5.74) is 1.82. The molecule has 1 aromatic carbocycles. The summed E-state index contributed by atoms with van der Waals surface area (Å²) >= 11 is 0. The number of nitrogens with zero attached hydrogens (tertiary/aromatic N) is 2. The van der Waals surface area contributed by atoms with Crippen LogP contribution in [-0.4, -0.2) is 15.3 Å². The highest BCUT2D eigenvalue weighted by atomic mass is 16.2. The SMILES string of the molecule is Cc1c(NC(=O)C2C3CCCCC32)c(=O)n(-c2ccccc2)n1C. The molecule has 2 saturated carbocycles. The predicted molar refractivity (Wildman–Crippen MR) is 93.3 cm³/mol. The van der Waals surface area contributed by atoms with Crippen LogP contribution >= 0.6 is 0 Å². The number of hydrogen-bond donors (Lipinski definition) is 1. The zero-order valence-electron chi connectivity index (χ0n) is 14.2. The molecule has 2 aromatic rings. The van der Waals surface area contributed by atoms with E-state index in [1.807, 2.05) is 44.3 Å². The van der Waals surface area contributed by atoms with Crippen LogP contribution in [0.1, 0.15) is 31.4 Å². The molecular formula is C19H23N3O2. The number of rotatable bonds is 3. The minimum absolute atomic E-state index is 0.0258. The molecule has 5 nitrogen and oxygen atoms in total. The van der Waals surface area contributed by atoms with Gasteiger partial charge in [-0.05, 0) is 43.7 Å². The Morgan fingerprint density at radius 3 is 2.38 bits per heavy atom. The van der Waals surface area contributed by atoms with Crippen molar-refractivity contribution in [2.24, 2.45) is 24.8 Å². The first kappa shape index (κ1) is 15.2. The van der Waals surface area contributed by atoms with Gasteiger partial charge < -0.3 is 5.32 Å². The zero-order chi connectivity index (χ0) is 16.8. The van der Waals surface area contributed by atoms with Crippen LogP contribution in [0.2, 0.25) is 0 Å². The first-order chi connectivity index (χ1) is 11.6. The van der Waals surface area contributed by atoms with E-state index in [4.69, 9.17) is 0 Å². The van der Waals surface area contributed by atoms with Crippen molar-refractivity contribution in [3.8, 4) is 5.69 Å². The van der Waals surface area contributed by atoms with Gasteiger partial charge in [0, 0.05) is 13.0 Å². The zero-order valence-corrected chi connectivity index (χ0v) is 14.2. The number of aromatic nitrogens is 2. The monoisotopic (exact) mass is 325 g/mol. The summed E-state index contributed by atoms with van der Waals surface area (Å²) in [5, 5.41) is 2.93. The minimum Gasteiger partial charge on any atom is -0.320 e. The maximum Gasteiger partial charge on any atom is 0.295 e. The molecule has 1 aromatic heterocycles. The number of carbonyl (C=O) groups is 1. The summed E-state index contributed by atoms with van der Waals surface area (Å²) in [6, 6.07) is 9.50. The molecular weight excluding hydrogens is 302 g/mol. The second-order valence-corrected chi connectivity index (χ2v) is 7.06. The maximum absolute atomic E-state index is 12.8. The van der Waals surface area contributed by atoms with E-state index in [9.17, 15) is 9.59 Å². The van der Waals surface area contributed by atoms with Gasteiger partial charge in [-0.25, -0.2) is 4.68 Å². The Labute approximate surface area is 141 Å². The lowest BCUT2D eigenvalue weighted by atomic mass is 10.0. The fourth-order valence-electron chi connectivity index (χ4n) is 4.30. The van der Waals surface area contributed by atoms with Gasteiger partial charge in [-0.15, -0.1) is 0 Å². The molecule has 1 heterocycles. The van der Waals surface area contributed by atoms with Crippen LogP contribution < -0.4 is 10.9 Å². The van der Waals surface area contributed by atoms with Crippen molar-refractivity contribution >= 4 is 11.6 Å². The Hall–Kier alpha value is -2.30. The number of para-hydroxylation sites is 1. The van der Waals surface area contributed by atoms with Gasteiger partial charge in [-0.1, -0.05) is 31.0 Å². The van der Waals surface area contributed by atoms with Gasteiger partial charge >= 0.3 is 0 Å². The number of amides is 1. The highest BCUT2D eigenvalue weighted by molar-refractivity contribution is 5.95. The predicted octanol–water partition coefficient (Wildman–Crippen LogP) is 2.86. The second kappa shape index (κ2) is 5.65. The molecule has 2 fully saturated rings. The average Bonchev–Trinajstić information content (AvgIpc) is 3.29. The van der Waals surface area contributed by atoms with Crippen LogP contribution in [-0.2, 0) is 11.8 Å². The molecule has 0 aliphatic heterocycles. The van der Waals surface area contributed by atoms with Crippen molar-refractivity contribution < 1.29 is 4.79 Å². The Bertz CT molecular complexity index is 822. The third-order valence-electron chi connectivity index (χ3n) is 5.76. The largest absolute Gasteiger partial charge is 0.320 e. The van der Waals surface area contributed by atoms with Crippen molar-refractivity contribution in [2.75, 3.05) is 5.32 Å². The third kappa shape index (κ3) is 2.30.